The molecular weight excluding hydrogens is 312 g/mol. The molecule has 1 heterocycles. The lowest BCUT2D eigenvalue weighted by Gasteiger charge is -2.16. The van der Waals surface area contributed by atoms with Crippen molar-refractivity contribution < 1.29 is 13.2 Å². The summed E-state index contributed by atoms with van der Waals surface area (Å²) in [4.78, 5) is 0.183. The highest BCUT2D eigenvalue weighted by molar-refractivity contribution is 7.89. The Kier molecular flexibility index (Phi) is 5.27. The number of aryl methyl sites for hydroxylation is 1. The zero-order valence-electron chi connectivity index (χ0n) is 12.1. The molecule has 0 atom stereocenters. The van der Waals surface area contributed by atoms with Gasteiger partial charge in [-0.25, -0.2) is 13.1 Å². The summed E-state index contributed by atoms with van der Waals surface area (Å²) in [6, 6.07) is 3.05. The molecule has 0 spiro atoms. The standard InChI is InChI=1S/C14H19ClN2O3S/c1-10-7-13(20-2)12(15)8-14(10)21(18,19)17-9-11-3-5-16-6-4-11/h3,7-8,16-17H,4-6,9H2,1-2H3. The molecule has 5 nitrogen and oxygen atoms in total. The highest BCUT2D eigenvalue weighted by Crippen LogP contribution is 2.30. The Bertz CT molecular complexity index is 656. The van der Waals surface area contributed by atoms with Crippen LogP contribution in [0.2, 0.25) is 5.02 Å². The van der Waals surface area contributed by atoms with E-state index in [1.165, 1.54) is 13.2 Å². The fourth-order valence-electron chi connectivity index (χ4n) is 2.18. The van der Waals surface area contributed by atoms with Gasteiger partial charge in [-0.05, 0) is 37.6 Å². The molecule has 1 aromatic carbocycles. The van der Waals surface area contributed by atoms with Crippen LogP contribution in [0, 0.1) is 6.92 Å². The van der Waals surface area contributed by atoms with Crippen LogP contribution >= 0.6 is 11.6 Å². The molecule has 0 unspecified atom stereocenters. The number of methoxy groups -OCH3 is 1. The summed E-state index contributed by atoms with van der Waals surface area (Å²) in [5, 5.41) is 3.47. The van der Waals surface area contributed by atoms with Crippen molar-refractivity contribution in [3.05, 3.63) is 34.4 Å². The Balaban J connectivity index is 2.19. The van der Waals surface area contributed by atoms with Crippen LogP contribution in [-0.2, 0) is 10.0 Å². The van der Waals surface area contributed by atoms with Gasteiger partial charge in [0.15, 0.2) is 0 Å². The van der Waals surface area contributed by atoms with Gasteiger partial charge in [0.05, 0.1) is 17.0 Å². The van der Waals surface area contributed by atoms with Crippen LogP contribution in [0.15, 0.2) is 28.7 Å². The second-order valence-electron chi connectivity index (χ2n) is 4.89. The van der Waals surface area contributed by atoms with E-state index in [2.05, 4.69) is 10.0 Å². The van der Waals surface area contributed by atoms with E-state index < -0.39 is 10.0 Å². The maximum Gasteiger partial charge on any atom is 0.241 e. The first kappa shape index (κ1) is 16.3. The molecule has 0 radical (unpaired) electrons. The van der Waals surface area contributed by atoms with Crippen molar-refractivity contribution in [2.45, 2.75) is 18.2 Å². The van der Waals surface area contributed by atoms with Gasteiger partial charge in [-0.2, -0.15) is 0 Å². The molecule has 2 N–H and O–H groups in total. The van der Waals surface area contributed by atoms with Gasteiger partial charge in [0.1, 0.15) is 5.75 Å². The Morgan fingerprint density at radius 2 is 2.19 bits per heavy atom. The van der Waals surface area contributed by atoms with Crippen LogP contribution in [-0.4, -0.2) is 35.2 Å². The van der Waals surface area contributed by atoms with Crippen molar-refractivity contribution in [1.29, 1.82) is 0 Å². The number of sulfonamides is 1. The summed E-state index contributed by atoms with van der Waals surface area (Å²) >= 11 is 6.02. The normalized spacial score (nSPS) is 15.7. The zero-order chi connectivity index (χ0) is 15.5. The van der Waals surface area contributed by atoms with Crippen molar-refractivity contribution in [2.75, 3.05) is 26.7 Å². The molecule has 0 amide bonds. The molecule has 21 heavy (non-hydrogen) atoms. The number of hydrogen-bond donors (Lipinski definition) is 2. The minimum atomic E-state index is -3.59. The number of nitrogens with one attached hydrogen (secondary N) is 2. The van der Waals surface area contributed by atoms with Gasteiger partial charge < -0.3 is 10.1 Å². The molecule has 0 saturated heterocycles. The molecule has 0 aromatic heterocycles. The molecule has 1 aromatic rings. The first-order valence-electron chi connectivity index (χ1n) is 6.66. The maximum atomic E-state index is 12.4. The molecule has 116 valence electrons. The lowest BCUT2D eigenvalue weighted by Crippen LogP contribution is -2.30. The topological polar surface area (TPSA) is 67.4 Å². The highest BCUT2D eigenvalue weighted by atomic mass is 35.5. The van der Waals surface area contributed by atoms with E-state index in [1.54, 1.807) is 13.0 Å². The van der Waals surface area contributed by atoms with Crippen LogP contribution in [0.4, 0.5) is 0 Å². The van der Waals surface area contributed by atoms with Crippen LogP contribution in [0.25, 0.3) is 0 Å². The van der Waals surface area contributed by atoms with Crippen molar-refractivity contribution in [3.8, 4) is 5.75 Å². The predicted octanol–water partition coefficient (Wildman–Crippen LogP) is 1.86. The second-order valence-corrected chi connectivity index (χ2v) is 7.04. The van der Waals surface area contributed by atoms with E-state index in [1.807, 2.05) is 6.08 Å². The third kappa shape index (κ3) is 3.97. The SMILES string of the molecule is COc1cc(C)c(S(=O)(=O)NCC2=CCNCC2)cc1Cl. The van der Waals surface area contributed by atoms with E-state index in [-0.39, 0.29) is 9.92 Å². The smallest absolute Gasteiger partial charge is 0.241 e. The maximum absolute atomic E-state index is 12.4. The number of benzene rings is 1. The van der Waals surface area contributed by atoms with Crippen LogP contribution in [0.1, 0.15) is 12.0 Å². The summed E-state index contributed by atoms with van der Waals surface area (Å²) in [6.45, 7) is 3.70. The number of ether oxygens (including phenoxy) is 1. The molecule has 0 aliphatic carbocycles. The molecule has 1 aliphatic rings. The first-order chi connectivity index (χ1) is 9.94. The average Bonchev–Trinajstić information content (AvgIpc) is 2.48. The number of hydrogen-bond acceptors (Lipinski definition) is 4. The Labute approximate surface area is 130 Å². The summed E-state index contributed by atoms with van der Waals surface area (Å²) < 4.78 is 32.5. The predicted molar refractivity (Wildman–Crippen MR) is 83.5 cm³/mol. The molecule has 0 saturated carbocycles. The van der Waals surface area contributed by atoms with Crippen LogP contribution in [0.5, 0.6) is 5.75 Å². The Hall–Kier alpha value is -1.08. The number of rotatable bonds is 5. The largest absolute Gasteiger partial charge is 0.495 e. The van der Waals surface area contributed by atoms with Gasteiger partial charge in [0, 0.05) is 13.1 Å². The average molecular weight is 331 g/mol. The molecular formula is C14H19ClN2O3S. The summed E-state index contributed by atoms with van der Waals surface area (Å²) in [7, 11) is -2.09. The summed E-state index contributed by atoms with van der Waals surface area (Å²) in [5.74, 6) is 0.467. The minimum absolute atomic E-state index is 0.183. The fourth-order valence-corrected chi connectivity index (χ4v) is 3.77. The van der Waals surface area contributed by atoms with E-state index >= 15 is 0 Å². The molecule has 1 aliphatic heterocycles. The summed E-state index contributed by atoms with van der Waals surface area (Å²) in [6.07, 6.45) is 2.87. The molecule has 0 fully saturated rings. The first-order valence-corrected chi connectivity index (χ1v) is 8.52. The van der Waals surface area contributed by atoms with Gasteiger partial charge in [0.2, 0.25) is 10.0 Å². The van der Waals surface area contributed by atoms with Crippen molar-refractivity contribution in [1.82, 2.24) is 10.0 Å². The monoisotopic (exact) mass is 330 g/mol. The third-order valence-electron chi connectivity index (χ3n) is 3.39. The van der Waals surface area contributed by atoms with Gasteiger partial charge in [-0.15, -0.1) is 0 Å². The van der Waals surface area contributed by atoms with Crippen molar-refractivity contribution in [2.24, 2.45) is 0 Å². The van der Waals surface area contributed by atoms with Crippen molar-refractivity contribution in [3.63, 3.8) is 0 Å². The highest BCUT2D eigenvalue weighted by Gasteiger charge is 2.19. The van der Waals surface area contributed by atoms with E-state index in [4.69, 9.17) is 16.3 Å². The van der Waals surface area contributed by atoms with Crippen LogP contribution in [0.3, 0.4) is 0 Å². The summed E-state index contributed by atoms with van der Waals surface area (Å²) in [5.41, 5.74) is 1.69. The quantitative estimate of drug-likeness (QED) is 0.809. The molecule has 2 rings (SSSR count). The van der Waals surface area contributed by atoms with Gasteiger partial charge >= 0.3 is 0 Å². The van der Waals surface area contributed by atoms with Crippen molar-refractivity contribution >= 4 is 21.6 Å². The van der Waals surface area contributed by atoms with E-state index in [9.17, 15) is 8.42 Å². The van der Waals surface area contributed by atoms with E-state index in [0.29, 0.717) is 17.9 Å². The fraction of sp³-hybridized carbons (Fsp3) is 0.429. The van der Waals surface area contributed by atoms with Crippen LogP contribution < -0.4 is 14.8 Å². The van der Waals surface area contributed by atoms with Gasteiger partial charge in [0.25, 0.3) is 0 Å². The third-order valence-corrected chi connectivity index (χ3v) is 5.22. The van der Waals surface area contributed by atoms with E-state index in [0.717, 1.165) is 25.1 Å². The zero-order valence-corrected chi connectivity index (χ0v) is 13.6. The minimum Gasteiger partial charge on any atom is -0.495 e. The molecule has 0 bridgehead atoms. The Morgan fingerprint density at radius 1 is 1.43 bits per heavy atom. The lowest BCUT2D eigenvalue weighted by atomic mass is 10.1. The van der Waals surface area contributed by atoms with Gasteiger partial charge in [-0.3, -0.25) is 0 Å². The molecule has 7 heteroatoms. The number of halogens is 1. The second kappa shape index (κ2) is 6.79. The lowest BCUT2D eigenvalue weighted by molar-refractivity contribution is 0.414. The Morgan fingerprint density at radius 3 is 2.81 bits per heavy atom. The van der Waals surface area contributed by atoms with Gasteiger partial charge in [-0.1, -0.05) is 23.3 Å².